The van der Waals surface area contributed by atoms with Gasteiger partial charge in [0.15, 0.2) is 0 Å². The van der Waals surface area contributed by atoms with Crippen molar-refractivity contribution in [3.05, 3.63) is 59.7 Å². The first kappa shape index (κ1) is 15.1. The molecule has 0 unspecified atom stereocenters. The Morgan fingerprint density at radius 2 is 2.05 bits per heavy atom. The number of amides is 1. The smallest absolute Gasteiger partial charge is 0.283 e. The molecule has 2 aromatic heterocycles. The van der Waals surface area contributed by atoms with E-state index in [1.807, 2.05) is 18.2 Å². The minimum atomic E-state index is -0.408. The zero-order valence-corrected chi connectivity index (χ0v) is 11.7. The lowest BCUT2D eigenvalue weighted by atomic mass is 10.1. The molecule has 0 aromatic carbocycles. The first-order valence-corrected chi connectivity index (χ1v) is 6.73. The monoisotopic (exact) mass is 286 g/mol. The van der Waals surface area contributed by atoms with Crippen LogP contribution in [0.3, 0.4) is 0 Å². The van der Waals surface area contributed by atoms with Crippen molar-refractivity contribution < 1.29 is 9.53 Å². The van der Waals surface area contributed by atoms with Gasteiger partial charge in [-0.15, -0.1) is 0 Å². The van der Waals surface area contributed by atoms with Crippen LogP contribution in [-0.2, 0) is 17.8 Å². The van der Waals surface area contributed by atoms with Crippen LogP contribution >= 0.6 is 0 Å². The fourth-order valence-corrected chi connectivity index (χ4v) is 1.86. The normalized spacial score (nSPS) is 10.3. The highest BCUT2D eigenvalue weighted by atomic mass is 16.5. The van der Waals surface area contributed by atoms with Gasteiger partial charge in [-0.2, -0.15) is 0 Å². The van der Waals surface area contributed by atoms with Crippen molar-refractivity contribution in [3.8, 4) is 0 Å². The van der Waals surface area contributed by atoms with Gasteiger partial charge in [-0.1, -0.05) is 6.07 Å². The maximum atomic E-state index is 11.4. The van der Waals surface area contributed by atoms with Crippen LogP contribution < -0.4 is 11.3 Å². The zero-order valence-electron chi connectivity index (χ0n) is 11.7. The standard InChI is InChI=1S/C15H18N4O2/c16-19-15(20)14-5-1-4-13(18-14)11-21-10-2-3-12-6-8-17-9-7-12/h1,4-9H,2-3,10-11,16H2,(H,19,20). The van der Waals surface area contributed by atoms with E-state index in [1.54, 1.807) is 24.5 Å². The molecule has 0 atom stereocenters. The highest BCUT2D eigenvalue weighted by molar-refractivity contribution is 5.91. The molecule has 0 fully saturated rings. The van der Waals surface area contributed by atoms with Gasteiger partial charge in [0, 0.05) is 19.0 Å². The summed E-state index contributed by atoms with van der Waals surface area (Å²) in [5, 5.41) is 0. The van der Waals surface area contributed by atoms with E-state index in [2.05, 4.69) is 15.4 Å². The highest BCUT2D eigenvalue weighted by Gasteiger charge is 2.05. The fourth-order valence-electron chi connectivity index (χ4n) is 1.86. The third kappa shape index (κ3) is 4.94. The van der Waals surface area contributed by atoms with Gasteiger partial charge in [0.1, 0.15) is 5.69 Å². The number of hydrazine groups is 1. The Labute approximate surface area is 123 Å². The minimum absolute atomic E-state index is 0.287. The van der Waals surface area contributed by atoms with Crippen LogP contribution in [0.5, 0.6) is 0 Å². The molecule has 0 saturated heterocycles. The second-order valence-corrected chi connectivity index (χ2v) is 4.50. The van der Waals surface area contributed by atoms with Crippen molar-refractivity contribution >= 4 is 5.91 Å². The molecule has 2 aromatic rings. The average Bonchev–Trinajstić information content (AvgIpc) is 2.55. The second-order valence-electron chi connectivity index (χ2n) is 4.50. The van der Waals surface area contributed by atoms with Gasteiger partial charge in [0.05, 0.1) is 12.3 Å². The number of carbonyl (C=O) groups is 1. The number of nitrogens with one attached hydrogen (secondary N) is 1. The molecule has 2 rings (SSSR count). The van der Waals surface area contributed by atoms with Gasteiger partial charge in [-0.3, -0.25) is 15.2 Å². The Kier molecular flexibility index (Phi) is 5.81. The Balaban J connectivity index is 1.72. The molecule has 0 bridgehead atoms. The quantitative estimate of drug-likeness (QED) is 0.346. The Hall–Kier alpha value is -2.31. The summed E-state index contributed by atoms with van der Waals surface area (Å²) in [6, 6.07) is 9.17. The molecule has 1 amide bonds. The van der Waals surface area contributed by atoms with E-state index >= 15 is 0 Å². The van der Waals surface area contributed by atoms with Gasteiger partial charge in [0.25, 0.3) is 5.91 Å². The topological polar surface area (TPSA) is 90.1 Å². The maximum absolute atomic E-state index is 11.4. The molecule has 3 N–H and O–H groups in total. The predicted octanol–water partition coefficient (Wildman–Crippen LogP) is 1.23. The van der Waals surface area contributed by atoms with Crippen LogP contribution in [-0.4, -0.2) is 22.5 Å². The molecule has 0 aliphatic carbocycles. The van der Waals surface area contributed by atoms with Crippen LogP contribution in [0, 0.1) is 0 Å². The molecule has 0 aliphatic rings. The Morgan fingerprint density at radius 3 is 2.81 bits per heavy atom. The van der Waals surface area contributed by atoms with Gasteiger partial charge in [-0.05, 0) is 42.7 Å². The lowest BCUT2D eigenvalue weighted by Gasteiger charge is -2.05. The molecular formula is C15H18N4O2. The van der Waals surface area contributed by atoms with E-state index in [0.717, 1.165) is 12.8 Å². The summed E-state index contributed by atoms with van der Waals surface area (Å²) in [6.07, 6.45) is 5.45. The van der Waals surface area contributed by atoms with Crippen LogP contribution in [0.4, 0.5) is 0 Å². The lowest BCUT2D eigenvalue weighted by molar-refractivity contribution is 0.0945. The average molecular weight is 286 g/mol. The summed E-state index contributed by atoms with van der Waals surface area (Å²) < 4.78 is 5.57. The summed E-state index contributed by atoms with van der Waals surface area (Å²) in [5.74, 6) is 4.67. The number of hydrogen-bond acceptors (Lipinski definition) is 5. The first-order valence-electron chi connectivity index (χ1n) is 6.73. The number of rotatable bonds is 7. The largest absolute Gasteiger partial charge is 0.375 e. The summed E-state index contributed by atoms with van der Waals surface area (Å²) in [7, 11) is 0. The fraction of sp³-hybridized carbons (Fsp3) is 0.267. The molecule has 0 saturated carbocycles. The number of hydrogen-bond donors (Lipinski definition) is 2. The number of nitrogen functional groups attached to an aromatic ring is 1. The van der Waals surface area contributed by atoms with Crippen molar-refractivity contribution in [2.45, 2.75) is 19.4 Å². The van der Waals surface area contributed by atoms with Gasteiger partial charge in [0.2, 0.25) is 0 Å². The minimum Gasteiger partial charge on any atom is -0.375 e. The van der Waals surface area contributed by atoms with Crippen molar-refractivity contribution in [2.24, 2.45) is 5.84 Å². The van der Waals surface area contributed by atoms with Gasteiger partial charge in [-0.25, -0.2) is 10.8 Å². The first-order chi connectivity index (χ1) is 10.3. The predicted molar refractivity (Wildman–Crippen MR) is 78.1 cm³/mol. The number of aromatic nitrogens is 2. The number of nitrogens with two attached hydrogens (primary N) is 1. The molecule has 21 heavy (non-hydrogen) atoms. The molecular weight excluding hydrogens is 268 g/mol. The van der Waals surface area contributed by atoms with E-state index in [9.17, 15) is 4.79 Å². The molecule has 0 aliphatic heterocycles. The van der Waals surface area contributed by atoms with Crippen LogP contribution in [0.15, 0.2) is 42.7 Å². The summed E-state index contributed by atoms with van der Waals surface area (Å²) in [4.78, 5) is 19.5. The second kappa shape index (κ2) is 8.08. The molecule has 2 heterocycles. The number of carbonyl (C=O) groups excluding carboxylic acids is 1. The zero-order chi connectivity index (χ0) is 14.9. The van der Waals surface area contributed by atoms with Gasteiger partial charge >= 0.3 is 0 Å². The van der Waals surface area contributed by atoms with Crippen molar-refractivity contribution in [1.29, 1.82) is 0 Å². The van der Waals surface area contributed by atoms with Crippen molar-refractivity contribution in [1.82, 2.24) is 15.4 Å². The number of pyridine rings is 2. The summed E-state index contributed by atoms with van der Waals surface area (Å²) in [6.45, 7) is 1.01. The third-order valence-electron chi connectivity index (χ3n) is 2.92. The Bertz CT molecular complexity index is 575. The Morgan fingerprint density at radius 1 is 1.24 bits per heavy atom. The number of ether oxygens (including phenoxy) is 1. The number of nitrogens with zero attached hydrogens (tertiary/aromatic N) is 2. The number of aryl methyl sites for hydroxylation is 1. The van der Waals surface area contributed by atoms with E-state index in [0.29, 0.717) is 18.9 Å². The third-order valence-corrected chi connectivity index (χ3v) is 2.92. The van der Waals surface area contributed by atoms with E-state index in [-0.39, 0.29) is 5.69 Å². The molecule has 0 radical (unpaired) electrons. The van der Waals surface area contributed by atoms with Crippen molar-refractivity contribution in [2.75, 3.05) is 6.61 Å². The van der Waals surface area contributed by atoms with Crippen LogP contribution in [0.2, 0.25) is 0 Å². The van der Waals surface area contributed by atoms with Crippen molar-refractivity contribution in [3.63, 3.8) is 0 Å². The molecule has 110 valence electrons. The van der Waals surface area contributed by atoms with E-state index < -0.39 is 5.91 Å². The van der Waals surface area contributed by atoms with Crippen LogP contribution in [0.1, 0.15) is 28.2 Å². The SMILES string of the molecule is NNC(=O)c1cccc(COCCCc2ccncc2)n1. The maximum Gasteiger partial charge on any atom is 0.283 e. The van der Waals surface area contributed by atoms with E-state index in [4.69, 9.17) is 10.6 Å². The highest BCUT2D eigenvalue weighted by Crippen LogP contribution is 2.04. The lowest BCUT2D eigenvalue weighted by Crippen LogP contribution is -2.30. The van der Waals surface area contributed by atoms with Gasteiger partial charge < -0.3 is 4.74 Å². The molecule has 6 heteroatoms. The summed E-state index contributed by atoms with van der Waals surface area (Å²) >= 11 is 0. The van der Waals surface area contributed by atoms with E-state index in [1.165, 1.54) is 5.56 Å². The summed E-state index contributed by atoms with van der Waals surface area (Å²) in [5.41, 5.74) is 4.30. The molecule has 6 nitrogen and oxygen atoms in total. The molecule has 0 spiro atoms. The van der Waals surface area contributed by atoms with Crippen LogP contribution in [0.25, 0.3) is 0 Å².